The third-order valence-electron chi connectivity index (χ3n) is 8.46. The normalized spacial score (nSPS) is 19.9. The summed E-state index contributed by atoms with van der Waals surface area (Å²) in [5, 5.41) is 21.1. The van der Waals surface area contributed by atoms with Crippen molar-refractivity contribution in [3.8, 4) is 0 Å². The van der Waals surface area contributed by atoms with Crippen molar-refractivity contribution in [2.24, 2.45) is 11.8 Å². The quantitative estimate of drug-likeness (QED) is 0.234. The summed E-state index contributed by atoms with van der Waals surface area (Å²) in [6, 6.07) is 5.76. The van der Waals surface area contributed by atoms with Gasteiger partial charge >= 0.3 is 12.4 Å². The molecule has 0 spiro atoms. The topological polar surface area (TPSA) is 80.1 Å². The summed E-state index contributed by atoms with van der Waals surface area (Å²) in [6.45, 7) is 1.40. The fourth-order valence-corrected chi connectivity index (χ4v) is 6.13. The molecule has 2 fully saturated rings. The van der Waals surface area contributed by atoms with Crippen molar-refractivity contribution in [3.63, 3.8) is 0 Å². The molecule has 0 radical (unpaired) electrons. The molecule has 1 aromatic carbocycles. The largest absolute Gasteiger partial charge is 0.430 e. The zero-order chi connectivity index (χ0) is 31.7. The number of likely N-dealkylation sites (tertiary alicyclic amines) is 1. The Kier molecular flexibility index (Phi) is 9.90. The number of aromatic nitrogens is 1. The summed E-state index contributed by atoms with van der Waals surface area (Å²) in [5.74, 6) is -0.428. The number of alkyl halides is 6. The van der Waals surface area contributed by atoms with E-state index in [4.69, 9.17) is 11.6 Å². The average Bonchev–Trinajstić information content (AvgIpc) is 2.95. The van der Waals surface area contributed by atoms with Crippen molar-refractivity contribution >= 4 is 23.3 Å². The molecule has 2 aromatic rings. The molecule has 2 N–H and O–H groups in total. The first-order valence-electron chi connectivity index (χ1n) is 14.0. The van der Waals surface area contributed by atoms with Gasteiger partial charge in [0.15, 0.2) is 0 Å². The molecule has 2 atom stereocenters. The zero-order valence-corrected chi connectivity index (χ0v) is 24.6. The monoisotopic (exact) mass is 636 g/mol. The van der Waals surface area contributed by atoms with Gasteiger partial charge in [-0.25, -0.2) is 4.98 Å². The van der Waals surface area contributed by atoms with Crippen molar-refractivity contribution in [2.45, 2.75) is 56.3 Å². The Balaban J connectivity index is 1.33. The van der Waals surface area contributed by atoms with Gasteiger partial charge in [-0.3, -0.25) is 9.69 Å². The Hall–Kier alpha value is -2.61. The summed E-state index contributed by atoms with van der Waals surface area (Å²) in [4.78, 5) is 22.1. The van der Waals surface area contributed by atoms with Crippen LogP contribution in [0.15, 0.2) is 36.4 Å². The van der Waals surface area contributed by atoms with Crippen LogP contribution < -0.4 is 4.90 Å². The van der Waals surface area contributed by atoms with E-state index in [9.17, 15) is 41.4 Å². The highest BCUT2D eigenvalue weighted by Crippen LogP contribution is 2.43. The number of pyridine rings is 1. The number of carbonyl (C=O) groups is 1. The molecule has 0 saturated carbocycles. The lowest BCUT2D eigenvalue weighted by Gasteiger charge is -2.40. The minimum Gasteiger partial charge on any atom is -0.374 e. The number of halogens is 7. The minimum absolute atomic E-state index is 0.0345. The van der Waals surface area contributed by atoms with Gasteiger partial charge < -0.3 is 20.0 Å². The number of nitrogens with zero attached hydrogens (tertiary/aromatic N) is 4. The Morgan fingerprint density at radius 2 is 1.53 bits per heavy atom. The highest BCUT2D eigenvalue weighted by Gasteiger charge is 2.62. The number of aliphatic hydroxyl groups is 2. The predicted octanol–water partition coefficient (Wildman–Crippen LogP) is 5.60. The Morgan fingerprint density at radius 1 is 0.977 bits per heavy atom. The molecule has 7 nitrogen and oxygen atoms in total. The van der Waals surface area contributed by atoms with Crippen molar-refractivity contribution in [2.75, 3.05) is 45.2 Å². The highest BCUT2D eigenvalue weighted by atomic mass is 35.5. The van der Waals surface area contributed by atoms with E-state index in [0.29, 0.717) is 42.3 Å². The second-order valence-electron chi connectivity index (χ2n) is 11.6. The number of carbonyl (C=O) groups excluding carboxylic acids is 1. The molecule has 43 heavy (non-hydrogen) atoms. The van der Waals surface area contributed by atoms with Crippen LogP contribution in [-0.2, 0) is 16.6 Å². The highest BCUT2D eigenvalue weighted by molar-refractivity contribution is 6.30. The number of hydrogen-bond donors (Lipinski definition) is 2. The van der Waals surface area contributed by atoms with Crippen LogP contribution in [0.3, 0.4) is 0 Å². The standard InChI is InChI=1S/C29H35ClF6N4O3/c1-38(2)25(41)22-6-7-23(37-24(22)30)39-12-8-18(9-13-39)16-19-10-14-40(15-11-19)26(42)27(43,29(34,35)36)20-4-3-5-21(17-20)28(31,32)33/h3-7,17-19,25,41,43H,8-16H2,1-2H3. The van der Waals surface area contributed by atoms with Crippen LogP contribution in [0.4, 0.5) is 32.2 Å². The number of benzene rings is 1. The van der Waals surface area contributed by atoms with E-state index in [2.05, 4.69) is 9.88 Å². The molecule has 14 heteroatoms. The number of amides is 1. The smallest absolute Gasteiger partial charge is 0.374 e. The summed E-state index contributed by atoms with van der Waals surface area (Å²) < 4.78 is 81.7. The van der Waals surface area contributed by atoms with Gasteiger partial charge in [-0.1, -0.05) is 23.7 Å². The van der Waals surface area contributed by atoms with E-state index >= 15 is 0 Å². The van der Waals surface area contributed by atoms with E-state index in [0.717, 1.165) is 43.3 Å². The number of hydrogen-bond acceptors (Lipinski definition) is 6. The van der Waals surface area contributed by atoms with Gasteiger partial charge in [-0.2, -0.15) is 26.3 Å². The molecule has 1 aromatic heterocycles. The van der Waals surface area contributed by atoms with Crippen LogP contribution in [-0.4, -0.2) is 77.4 Å². The van der Waals surface area contributed by atoms with Gasteiger partial charge in [0.1, 0.15) is 17.2 Å². The summed E-state index contributed by atoms with van der Waals surface area (Å²) in [5.41, 5.74) is -6.12. The maximum absolute atomic E-state index is 14.1. The molecular formula is C29H35ClF6N4O3. The summed E-state index contributed by atoms with van der Waals surface area (Å²) in [6.07, 6.45) is -7.92. The van der Waals surface area contributed by atoms with E-state index < -0.39 is 41.2 Å². The SMILES string of the molecule is CN(C)C(O)c1ccc(N2CCC(CC3CCN(C(=O)C(O)(c4cccc(C(F)(F)F)c4)C(F)(F)F)CC3)CC2)nc1Cl. The van der Waals surface area contributed by atoms with E-state index in [-0.39, 0.29) is 30.2 Å². The van der Waals surface area contributed by atoms with Crippen LogP contribution in [0.2, 0.25) is 5.15 Å². The first-order chi connectivity index (χ1) is 20.0. The number of aliphatic hydroxyl groups excluding tert-OH is 1. The van der Waals surface area contributed by atoms with Gasteiger partial charge in [-0.05, 0) is 82.3 Å². The third-order valence-corrected chi connectivity index (χ3v) is 8.77. The van der Waals surface area contributed by atoms with Gasteiger partial charge in [0.2, 0.25) is 0 Å². The molecule has 1 amide bonds. The second kappa shape index (κ2) is 12.8. The molecule has 238 valence electrons. The minimum atomic E-state index is -5.52. The number of piperidine rings is 2. The molecule has 2 aliphatic rings. The molecule has 2 unspecified atom stereocenters. The van der Waals surface area contributed by atoms with Gasteiger partial charge in [0.05, 0.1) is 5.56 Å². The molecule has 2 saturated heterocycles. The molecular weight excluding hydrogens is 602 g/mol. The molecule has 4 rings (SSSR count). The fraction of sp³-hybridized carbons (Fsp3) is 0.586. The third kappa shape index (κ3) is 7.21. The second-order valence-corrected chi connectivity index (χ2v) is 11.9. The maximum atomic E-state index is 14.1. The van der Waals surface area contributed by atoms with Crippen LogP contribution in [0.1, 0.15) is 55.0 Å². The van der Waals surface area contributed by atoms with Crippen molar-refractivity contribution in [1.82, 2.24) is 14.8 Å². The first kappa shape index (κ1) is 33.3. The summed E-state index contributed by atoms with van der Waals surface area (Å²) in [7, 11) is 3.45. The summed E-state index contributed by atoms with van der Waals surface area (Å²) >= 11 is 6.32. The van der Waals surface area contributed by atoms with Crippen molar-refractivity contribution in [3.05, 3.63) is 58.2 Å². The van der Waals surface area contributed by atoms with Crippen molar-refractivity contribution < 1.29 is 41.4 Å². The first-order valence-corrected chi connectivity index (χ1v) is 14.4. The Morgan fingerprint density at radius 3 is 2.05 bits per heavy atom. The van der Waals surface area contributed by atoms with E-state index in [1.165, 1.54) is 0 Å². The number of anilines is 1. The molecule has 3 heterocycles. The fourth-order valence-electron chi connectivity index (χ4n) is 5.88. The van der Waals surface area contributed by atoms with Crippen LogP contribution in [0.5, 0.6) is 0 Å². The van der Waals surface area contributed by atoms with E-state index in [1.807, 2.05) is 6.07 Å². The van der Waals surface area contributed by atoms with Crippen LogP contribution in [0, 0.1) is 11.8 Å². The Labute approximate surface area is 251 Å². The lowest BCUT2D eigenvalue weighted by atomic mass is 9.82. The number of rotatable bonds is 7. The molecule has 2 aliphatic heterocycles. The zero-order valence-electron chi connectivity index (χ0n) is 23.8. The van der Waals surface area contributed by atoms with E-state index in [1.54, 1.807) is 25.1 Å². The predicted molar refractivity (Wildman–Crippen MR) is 148 cm³/mol. The van der Waals surface area contributed by atoms with Crippen molar-refractivity contribution in [1.29, 1.82) is 0 Å². The van der Waals surface area contributed by atoms with Gasteiger partial charge in [-0.15, -0.1) is 0 Å². The maximum Gasteiger partial charge on any atom is 0.430 e. The lowest BCUT2D eigenvalue weighted by molar-refractivity contribution is -0.262. The van der Waals surface area contributed by atoms with Gasteiger partial charge in [0, 0.05) is 37.3 Å². The molecule has 0 aliphatic carbocycles. The van der Waals surface area contributed by atoms with Gasteiger partial charge in [0.25, 0.3) is 11.5 Å². The van der Waals surface area contributed by atoms with Crippen LogP contribution in [0.25, 0.3) is 0 Å². The average molecular weight is 637 g/mol. The molecule has 0 bridgehead atoms. The lowest BCUT2D eigenvalue weighted by Crippen LogP contribution is -2.57. The Bertz CT molecular complexity index is 1280. The van der Waals surface area contributed by atoms with Crippen LogP contribution >= 0.6 is 11.6 Å².